The zero-order valence-corrected chi connectivity index (χ0v) is 16.9. The maximum absolute atomic E-state index is 11.5. The summed E-state index contributed by atoms with van der Waals surface area (Å²) in [6.07, 6.45) is 2.00. The van der Waals surface area contributed by atoms with Crippen LogP contribution in [0.15, 0.2) is 22.8 Å². The highest BCUT2D eigenvalue weighted by atomic mass is 79.9. The van der Waals surface area contributed by atoms with Gasteiger partial charge < -0.3 is 14.8 Å². The van der Waals surface area contributed by atoms with Gasteiger partial charge in [-0.15, -0.1) is 0 Å². The molecule has 1 heterocycles. The van der Waals surface area contributed by atoms with Gasteiger partial charge in [-0.3, -0.25) is 4.79 Å². The van der Waals surface area contributed by atoms with Gasteiger partial charge >= 0.3 is 0 Å². The maximum atomic E-state index is 11.5. The number of benzene rings is 1. The Morgan fingerprint density at radius 3 is 2.69 bits per heavy atom. The van der Waals surface area contributed by atoms with E-state index < -0.39 is 0 Å². The number of aromatic nitrogens is 1. The number of amides is 1. The summed E-state index contributed by atoms with van der Waals surface area (Å²) in [5.74, 6) is 0.895. The molecule has 0 aliphatic carbocycles. The number of nitriles is 1. The summed E-state index contributed by atoms with van der Waals surface area (Å²) in [4.78, 5) is 15.8. The van der Waals surface area contributed by atoms with E-state index in [0.29, 0.717) is 23.6 Å². The summed E-state index contributed by atoms with van der Waals surface area (Å²) in [5, 5.41) is 13.8. The normalized spacial score (nSPS) is 11.9. The monoisotopic (exact) mass is 419 g/mol. The van der Waals surface area contributed by atoms with Crippen molar-refractivity contribution in [1.29, 1.82) is 5.26 Å². The van der Waals surface area contributed by atoms with E-state index in [1.54, 1.807) is 25.3 Å². The topological polar surface area (TPSA) is 84.2 Å². The fourth-order valence-electron chi connectivity index (χ4n) is 2.39. The van der Waals surface area contributed by atoms with Crippen molar-refractivity contribution in [3.8, 4) is 17.7 Å². The number of ether oxygens (including phenoxy) is 2. The van der Waals surface area contributed by atoms with Crippen LogP contribution in [0.3, 0.4) is 0 Å². The smallest absolute Gasteiger partial charge is 0.221 e. The number of rotatable bonds is 7. The molecule has 26 heavy (non-hydrogen) atoms. The predicted molar refractivity (Wildman–Crippen MR) is 103 cm³/mol. The average Bonchev–Trinajstić information content (AvgIpc) is 2.60. The van der Waals surface area contributed by atoms with Crippen LogP contribution in [-0.2, 0) is 4.79 Å². The Bertz CT molecular complexity index is 846. The van der Waals surface area contributed by atoms with E-state index in [-0.39, 0.29) is 24.7 Å². The lowest BCUT2D eigenvalue weighted by atomic mass is 10.1. The number of carbonyl (C=O) groups is 1. The van der Waals surface area contributed by atoms with Crippen molar-refractivity contribution >= 4 is 32.6 Å². The number of nitrogens with zero attached hydrogens (tertiary/aromatic N) is 2. The summed E-state index contributed by atoms with van der Waals surface area (Å²) in [5.41, 5.74) is 0.452. The second-order valence-electron chi connectivity index (χ2n) is 6.22. The number of pyridine rings is 1. The molecule has 1 aromatic heterocycles. The molecule has 0 radical (unpaired) electrons. The Hall–Kier alpha value is -2.33. The molecule has 0 saturated heterocycles. The minimum absolute atomic E-state index is 0.0268. The van der Waals surface area contributed by atoms with Gasteiger partial charge in [0.2, 0.25) is 11.8 Å². The van der Waals surface area contributed by atoms with Gasteiger partial charge in [0.1, 0.15) is 18.4 Å². The summed E-state index contributed by atoms with van der Waals surface area (Å²) >= 11 is 3.47. The fourth-order valence-corrected chi connectivity index (χ4v) is 2.82. The van der Waals surface area contributed by atoms with E-state index in [1.807, 2.05) is 20.8 Å². The van der Waals surface area contributed by atoms with Gasteiger partial charge in [-0.05, 0) is 48.8 Å². The first-order valence-electron chi connectivity index (χ1n) is 8.46. The molecule has 0 unspecified atom stereocenters. The number of halogens is 1. The molecule has 0 aliphatic heterocycles. The molecule has 7 heteroatoms. The molecule has 0 spiro atoms. The third-order valence-corrected chi connectivity index (χ3v) is 4.22. The van der Waals surface area contributed by atoms with Crippen molar-refractivity contribution in [2.24, 2.45) is 0 Å². The number of fused-ring (bicyclic) bond motifs is 1. The molecule has 138 valence electrons. The Kier molecular flexibility index (Phi) is 6.81. The van der Waals surface area contributed by atoms with Gasteiger partial charge in [-0.25, -0.2) is 4.98 Å². The van der Waals surface area contributed by atoms with Crippen LogP contribution in [0.2, 0.25) is 0 Å². The van der Waals surface area contributed by atoms with Gasteiger partial charge in [0.05, 0.1) is 17.7 Å². The Morgan fingerprint density at radius 1 is 1.35 bits per heavy atom. The average molecular weight is 420 g/mol. The summed E-state index contributed by atoms with van der Waals surface area (Å²) in [7, 11) is 0. The van der Waals surface area contributed by atoms with Crippen molar-refractivity contribution in [1.82, 2.24) is 10.3 Å². The van der Waals surface area contributed by atoms with Crippen LogP contribution < -0.4 is 14.8 Å². The van der Waals surface area contributed by atoms with Gasteiger partial charge in [-0.1, -0.05) is 6.92 Å². The SMILES string of the molecule is CCC(=O)N[C@@H](C)COc1ncc(Br)c2cc(C#N)c(OC(C)C)cc12. The molecule has 1 amide bonds. The zero-order valence-electron chi connectivity index (χ0n) is 15.3. The molecular weight excluding hydrogens is 398 g/mol. The molecule has 1 atom stereocenters. The highest BCUT2D eigenvalue weighted by Crippen LogP contribution is 2.35. The second-order valence-corrected chi connectivity index (χ2v) is 7.07. The lowest BCUT2D eigenvalue weighted by Gasteiger charge is -2.17. The first-order chi connectivity index (χ1) is 12.3. The quantitative estimate of drug-likeness (QED) is 0.733. The predicted octanol–water partition coefficient (Wildman–Crippen LogP) is 3.95. The Morgan fingerprint density at radius 2 is 2.08 bits per heavy atom. The number of nitrogens with one attached hydrogen (secondary N) is 1. The van der Waals surface area contributed by atoms with E-state index in [1.165, 1.54) is 0 Å². The van der Waals surface area contributed by atoms with Crippen LogP contribution in [0.4, 0.5) is 0 Å². The van der Waals surface area contributed by atoms with E-state index >= 15 is 0 Å². The molecule has 0 bridgehead atoms. The van der Waals surface area contributed by atoms with Crippen molar-refractivity contribution in [3.63, 3.8) is 0 Å². The van der Waals surface area contributed by atoms with Crippen molar-refractivity contribution in [3.05, 3.63) is 28.4 Å². The fraction of sp³-hybridized carbons (Fsp3) is 0.421. The molecular formula is C19H22BrN3O3. The maximum Gasteiger partial charge on any atom is 0.221 e. The van der Waals surface area contributed by atoms with Crippen LogP contribution in [0, 0.1) is 11.3 Å². The van der Waals surface area contributed by atoms with Crippen LogP contribution in [0.5, 0.6) is 11.6 Å². The summed E-state index contributed by atoms with van der Waals surface area (Å²) in [6.45, 7) is 7.77. The van der Waals surface area contributed by atoms with Crippen LogP contribution in [-0.4, -0.2) is 29.6 Å². The third kappa shape index (κ3) is 4.85. The van der Waals surface area contributed by atoms with Crippen LogP contribution in [0.25, 0.3) is 10.8 Å². The number of hydrogen-bond acceptors (Lipinski definition) is 5. The molecule has 2 rings (SSSR count). The van der Waals surface area contributed by atoms with E-state index in [9.17, 15) is 10.1 Å². The highest BCUT2D eigenvalue weighted by Gasteiger charge is 2.15. The Labute approximate surface area is 161 Å². The van der Waals surface area contributed by atoms with E-state index in [4.69, 9.17) is 9.47 Å². The molecule has 1 N–H and O–H groups in total. The van der Waals surface area contributed by atoms with Crippen molar-refractivity contribution < 1.29 is 14.3 Å². The molecule has 1 aromatic carbocycles. The summed E-state index contributed by atoms with van der Waals surface area (Å²) in [6, 6.07) is 5.55. The van der Waals surface area contributed by atoms with Gasteiger partial charge in [-0.2, -0.15) is 5.26 Å². The van der Waals surface area contributed by atoms with Crippen molar-refractivity contribution in [2.75, 3.05) is 6.61 Å². The standard InChI is InChI=1S/C19H22BrN3O3/c1-5-18(24)23-12(4)10-25-19-15-7-17(26-11(2)3)13(8-21)6-14(15)16(20)9-22-19/h6-7,9,11-12H,5,10H2,1-4H3,(H,23,24)/t12-/m0/s1. The minimum Gasteiger partial charge on any atom is -0.490 e. The lowest BCUT2D eigenvalue weighted by Crippen LogP contribution is -2.36. The molecule has 0 fully saturated rings. The minimum atomic E-state index is -0.146. The van der Waals surface area contributed by atoms with E-state index in [0.717, 1.165) is 15.2 Å². The van der Waals surface area contributed by atoms with Crippen LogP contribution >= 0.6 is 15.9 Å². The van der Waals surface area contributed by atoms with E-state index in [2.05, 4.69) is 32.3 Å². The third-order valence-electron chi connectivity index (χ3n) is 3.58. The largest absolute Gasteiger partial charge is 0.490 e. The first kappa shape index (κ1) is 20.0. The first-order valence-corrected chi connectivity index (χ1v) is 9.26. The lowest BCUT2D eigenvalue weighted by molar-refractivity contribution is -0.121. The van der Waals surface area contributed by atoms with Crippen molar-refractivity contribution in [2.45, 2.75) is 46.3 Å². The second kappa shape index (κ2) is 8.86. The molecule has 0 aliphatic rings. The van der Waals surface area contributed by atoms with Gasteiger partial charge in [0, 0.05) is 27.9 Å². The van der Waals surface area contributed by atoms with Crippen LogP contribution in [0.1, 0.15) is 39.7 Å². The number of hydrogen-bond donors (Lipinski definition) is 1. The highest BCUT2D eigenvalue weighted by molar-refractivity contribution is 9.10. The molecule has 2 aromatic rings. The summed E-state index contributed by atoms with van der Waals surface area (Å²) < 4.78 is 12.3. The Balaban J connectivity index is 2.36. The zero-order chi connectivity index (χ0) is 19.3. The molecule has 6 nitrogen and oxygen atoms in total. The molecule has 0 saturated carbocycles. The van der Waals surface area contributed by atoms with Gasteiger partial charge in [0.15, 0.2) is 0 Å². The number of carbonyl (C=O) groups excluding carboxylic acids is 1. The van der Waals surface area contributed by atoms with Gasteiger partial charge in [0.25, 0.3) is 0 Å².